The molecule has 2 aliphatic rings. The van der Waals surface area contributed by atoms with Gasteiger partial charge in [-0.1, -0.05) is 60.8 Å². The van der Waals surface area contributed by atoms with E-state index in [9.17, 15) is 18.8 Å². The van der Waals surface area contributed by atoms with E-state index in [1.54, 1.807) is 107 Å². The predicted molar refractivity (Wildman–Crippen MR) is 237 cm³/mol. The SMILES string of the molecule is CC(C)C(=O)NCc1ccc(C(=O)N2Cc3cnn(C)c3Nc3cc(Cl)ccc32)cc1F.Cl.Cn1ncc2c1Nc1cc(Cl)ccc1N(C(=O)c1ccc(CN)c(Cl)c1)C2. The number of aryl methyl sites for hydroxylation is 2. The molecule has 8 rings (SSSR count). The number of nitrogens with zero attached hydrogens (tertiary/aromatic N) is 6. The molecule has 5 N–H and O–H groups in total. The molecule has 2 aliphatic heterocycles. The Hall–Kier alpha value is -5.64. The lowest BCUT2D eigenvalue weighted by molar-refractivity contribution is -0.124. The highest BCUT2D eigenvalue weighted by Gasteiger charge is 2.29. The molecule has 0 unspecified atom stereocenters. The summed E-state index contributed by atoms with van der Waals surface area (Å²) in [4.78, 5) is 41.8. The molecule has 312 valence electrons. The van der Waals surface area contributed by atoms with Crippen LogP contribution in [0.3, 0.4) is 0 Å². The summed E-state index contributed by atoms with van der Waals surface area (Å²) in [5.74, 6) is 0.153. The van der Waals surface area contributed by atoms with Gasteiger partial charge < -0.3 is 31.5 Å². The number of nitrogens with one attached hydrogen (secondary N) is 3. The lowest BCUT2D eigenvalue weighted by atomic mass is 10.1. The number of carbonyl (C=O) groups excluding carboxylic acids is 3. The Morgan fingerprint density at radius 1 is 0.750 bits per heavy atom. The average molecular weight is 895 g/mol. The van der Waals surface area contributed by atoms with Crippen LogP contribution in [0.25, 0.3) is 0 Å². The van der Waals surface area contributed by atoms with Gasteiger partial charge in [-0.15, -0.1) is 12.4 Å². The van der Waals surface area contributed by atoms with Crippen LogP contribution in [0.15, 0.2) is 85.2 Å². The minimum Gasteiger partial charge on any atom is -0.352 e. The summed E-state index contributed by atoms with van der Waals surface area (Å²) in [6, 6.07) is 20.1. The van der Waals surface area contributed by atoms with E-state index in [0.717, 1.165) is 39.7 Å². The second-order valence-electron chi connectivity index (χ2n) is 14.3. The van der Waals surface area contributed by atoms with Gasteiger partial charge in [0.05, 0.1) is 48.2 Å². The van der Waals surface area contributed by atoms with Gasteiger partial charge in [0.2, 0.25) is 5.91 Å². The Morgan fingerprint density at radius 2 is 1.23 bits per heavy atom. The van der Waals surface area contributed by atoms with Gasteiger partial charge in [0, 0.05) is 76.0 Å². The van der Waals surface area contributed by atoms with Crippen LogP contribution in [0.1, 0.15) is 56.8 Å². The van der Waals surface area contributed by atoms with Crippen LogP contribution in [0.4, 0.5) is 38.8 Å². The smallest absolute Gasteiger partial charge is 0.258 e. The molecule has 0 radical (unpaired) electrons. The minimum absolute atomic E-state index is 0. The Bertz CT molecular complexity index is 2610. The van der Waals surface area contributed by atoms with E-state index in [4.69, 9.17) is 40.5 Å². The zero-order chi connectivity index (χ0) is 42.1. The number of hydrogen-bond donors (Lipinski definition) is 4. The summed E-state index contributed by atoms with van der Waals surface area (Å²) < 4.78 is 18.2. The van der Waals surface area contributed by atoms with Crippen molar-refractivity contribution in [3.63, 3.8) is 0 Å². The summed E-state index contributed by atoms with van der Waals surface area (Å²) in [6.07, 6.45) is 3.44. The number of rotatable bonds is 6. The number of hydrogen-bond acceptors (Lipinski definition) is 8. The summed E-state index contributed by atoms with van der Waals surface area (Å²) in [5.41, 5.74) is 12.0. The third kappa shape index (κ3) is 9.08. The summed E-state index contributed by atoms with van der Waals surface area (Å²) in [5, 5.41) is 19.4. The zero-order valence-electron chi connectivity index (χ0n) is 32.9. The first kappa shape index (κ1) is 43.9. The monoisotopic (exact) mass is 892 g/mol. The number of benzene rings is 4. The lowest BCUT2D eigenvalue weighted by Gasteiger charge is -2.23. The van der Waals surface area contributed by atoms with E-state index in [2.05, 4.69) is 26.1 Å². The molecule has 0 saturated carbocycles. The van der Waals surface area contributed by atoms with Crippen molar-refractivity contribution in [2.75, 3.05) is 20.4 Å². The van der Waals surface area contributed by atoms with E-state index in [1.807, 2.05) is 13.1 Å². The first-order chi connectivity index (χ1) is 28.2. The molecule has 0 atom stereocenters. The van der Waals surface area contributed by atoms with Gasteiger partial charge in [0.25, 0.3) is 11.8 Å². The zero-order valence-corrected chi connectivity index (χ0v) is 36.0. The van der Waals surface area contributed by atoms with Crippen molar-refractivity contribution < 1.29 is 18.8 Å². The van der Waals surface area contributed by atoms with Crippen LogP contribution in [0.5, 0.6) is 0 Å². The molecule has 4 aromatic carbocycles. The van der Waals surface area contributed by atoms with Gasteiger partial charge in [0.15, 0.2) is 0 Å². The fraction of sp³-hybridized carbons (Fsp3) is 0.214. The number of amides is 3. The van der Waals surface area contributed by atoms with Crippen LogP contribution in [-0.4, -0.2) is 37.3 Å². The van der Waals surface area contributed by atoms with Gasteiger partial charge in [-0.3, -0.25) is 23.7 Å². The average Bonchev–Trinajstić information content (AvgIpc) is 3.61. The Labute approximate surface area is 367 Å². The molecule has 18 heteroatoms. The van der Waals surface area contributed by atoms with Crippen LogP contribution in [0.2, 0.25) is 15.1 Å². The maximum absolute atomic E-state index is 14.7. The van der Waals surface area contributed by atoms with E-state index in [-0.39, 0.29) is 54.7 Å². The fourth-order valence-electron chi connectivity index (χ4n) is 6.70. The van der Waals surface area contributed by atoms with Crippen molar-refractivity contribution in [3.05, 3.63) is 139 Å². The number of aromatic nitrogens is 4. The van der Waals surface area contributed by atoms with E-state index in [0.29, 0.717) is 50.7 Å². The van der Waals surface area contributed by atoms with Crippen molar-refractivity contribution in [2.45, 2.75) is 40.0 Å². The van der Waals surface area contributed by atoms with Crippen molar-refractivity contribution >= 4 is 99.3 Å². The molecule has 0 saturated heterocycles. The van der Waals surface area contributed by atoms with Crippen molar-refractivity contribution in [1.29, 1.82) is 0 Å². The van der Waals surface area contributed by atoms with E-state index < -0.39 is 5.82 Å². The molecule has 0 bridgehead atoms. The van der Waals surface area contributed by atoms with Crippen LogP contribution >= 0.6 is 47.2 Å². The van der Waals surface area contributed by atoms with Gasteiger partial charge >= 0.3 is 0 Å². The fourth-order valence-corrected chi connectivity index (χ4v) is 7.31. The first-order valence-electron chi connectivity index (χ1n) is 18.6. The van der Waals surface area contributed by atoms with Crippen LogP contribution in [0, 0.1) is 11.7 Å². The summed E-state index contributed by atoms with van der Waals surface area (Å²) >= 11 is 18.6. The molecule has 0 fully saturated rings. The second kappa shape index (κ2) is 18.3. The van der Waals surface area contributed by atoms with E-state index >= 15 is 0 Å². The van der Waals surface area contributed by atoms with E-state index in [1.165, 1.54) is 12.1 Å². The van der Waals surface area contributed by atoms with Gasteiger partial charge in [-0.2, -0.15) is 10.2 Å². The number of fused-ring (bicyclic) bond motifs is 4. The predicted octanol–water partition coefficient (Wildman–Crippen LogP) is 8.90. The van der Waals surface area contributed by atoms with Crippen molar-refractivity contribution in [2.24, 2.45) is 25.7 Å². The summed E-state index contributed by atoms with van der Waals surface area (Å²) in [6.45, 7) is 4.55. The standard InChI is InChI=1S/C23H23ClFN5O2.C19H17Cl2N5O.ClH/c1-13(2)22(31)26-10-15-5-4-14(8-18(15)25)23(32)30-12-16-11-27-29(3)21(16)28-19-9-17(24)6-7-20(19)30;1-25-18-13(9-23-25)10-26(17-5-4-14(20)7-16(17)24-18)19(27)11-2-3-12(8-22)15(21)6-11;/h4-9,11,13,28H,10,12H2,1-3H3,(H,26,31);2-7,9,24H,8,10,22H2,1H3;1H. The second-order valence-corrected chi connectivity index (χ2v) is 15.6. The molecular formula is C42H41Cl4FN10O3. The number of anilines is 6. The third-order valence-corrected chi connectivity index (χ3v) is 10.8. The molecule has 0 aliphatic carbocycles. The normalized spacial score (nSPS) is 12.5. The van der Waals surface area contributed by atoms with Crippen LogP contribution < -0.4 is 31.5 Å². The molecule has 2 aromatic heterocycles. The summed E-state index contributed by atoms with van der Waals surface area (Å²) in [7, 11) is 3.65. The maximum Gasteiger partial charge on any atom is 0.258 e. The lowest BCUT2D eigenvalue weighted by Crippen LogP contribution is -2.30. The molecule has 13 nitrogen and oxygen atoms in total. The quantitative estimate of drug-likeness (QED) is 0.129. The highest BCUT2D eigenvalue weighted by molar-refractivity contribution is 6.32. The number of halogens is 5. The van der Waals surface area contributed by atoms with Gasteiger partial charge in [-0.25, -0.2) is 4.39 Å². The molecule has 4 heterocycles. The van der Waals surface area contributed by atoms with Crippen molar-refractivity contribution in [3.8, 4) is 0 Å². The third-order valence-electron chi connectivity index (χ3n) is 9.98. The molecule has 6 aromatic rings. The highest BCUT2D eigenvalue weighted by atomic mass is 35.5. The van der Waals surface area contributed by atoms with Crippen LogP contribution in [-0.2, 0) is 45.1 Å². The maximum atomic E-state index is 14.7. The molecular weight excluding hydrogens is 853 g/mol. The molecule has 0 spiro atoms. The largest absolute Gasteiger partial charge is 0.352 e. The van der Waals surface area contributed by atoms with Crippen molar-refractivity contribution in [1.82, 2.24) is 24.9 Å². The van der Waals surface area contributed by atoms with Gasteiger partial charge in [0.1, 0.15) is 17.5 Å². The first-order valence-corrected chi connectivity index (χ1v) is 19.7. The minimum atomic E-state index is -0.550. The topological polar surface area (TPSA) is 155 Å². The molecule has 60 heavy (non-hydrogen) atoms. The number of carbonyl (C=O) groups is 3. The highest BCUT2D eigenvalue weighted by Crippen LogP contribution is 2.39. The Kier molecular flexibility index (Phi) is 13.4. The molecule has 3 amide bonds. The number of nitrogens with two attached hydrogens (primary N) is 1. The Morgan fingerprint density at radius 3 is 1.68 bits per heavy atom. The Balaban J connectivity index is 0.000000200. The van der Waals surface area contributed by atoms with Gasteiger partial charge in [-0.05, 0) is 66.2 Å².